The predicted molar refractivity (Wildman–Crippen MR) is 79.2 cm³/mol. The minimum absolute atomic E-state index is 0.0247. The third-order valence-electron chi connectivity index (χ3n) is 3.46. The minimum Gasteiger partial charge on any atom is -0.389 e. The lowest BCUT2D eigenvalue weighted by atomic mass is 10.1. The molecule has 3 rings (SSSR count). The molecule has 0 aromatic heterocycles. The molecule has 0 saturated carbocycles. The summed E-state index contributed by atoms with van der Waals surface area (Å²) in [4.78, 5) is 13.8. The Balaban J connectivity index is 1.99. The molecule has 1 heterocycles. The normalized spacial score (nSPS) is 15.5. The maximum absolute atomic E-state index is 11.8. The second-order valence-electron chi connectivity index (χ2n) is 4.92. The van der Waals surface area contributed by atoms with Gasteiger partial charge in [-0.3, -0.25) is 4.79 Å². The van der Waals surface area contributed by atoms with Crippen LogP contribution < -0.4 is 10.2 Å². The first kappa shape index (κ1) is 12.7. The third-order valence-corrected chi connectivity index (χ3v) is 3.46. The number of hydrogen-bond donors (Lipinski definition) is 2. The molecule has 0 aliphatic carbocycles. The Bertz CT molecular complexity index is 635. The van der Waals surface area contributed by atoms with Crippen LogP contribution in [0.3, 0.4) is 0 Å². The zero-order valence-electron chi connectivity index (χ0n) is 11.2. The summed E-state index contributed by atoms with van der Waals surface area (Å²) in [5, 5.41) is 12.4. The van der Waals surface area contributed by atoms with E-state index in [4.69, 9.17) is 0 Å². The van der Waals surface area contributed by atoms with E-state index in [-0.39, 0.29) is 5.91 Å². The summed E-state index contributed by atoms with van der Waals surface area (Å²) in [6, 6.07) is 15.4. The molecular weight excluding hydrogens is 252 g/mol. The molecule has 4 heteroatoms. The van der Waals surface area contributed by atoms with Crippen LogP contribution in [0.1, 0.15) is 18.6 Å². The van der Waals surface area contributed by atoms with Gasteiger partial charge >= 0.3 is 0 Å². The number of carbonyl (C=O) groups excluding carboxylic acids is 1. The van der Waals surface area contributed by atoms with Gasteiger partial charge < -0.3 is 15.3 Å². The fourth-order valence-corrected chi connectivity index (χ4v) is 2.40. The van der Waals surface area contributed by atoms with E-state index in [9.17, 15) is 9.90 Å². The van der Waals surface area contributed by atoms with E-state index < -0.39 is 6.10 Å². The highest BCUT2D eigenvalue weighted by molar-refractivity contribution is 6.03. The maximum atomic E-state index is 11.8. The number of hydrogen-bond acceptors (Lipinski definition) is 3. The highest BCUT2D eigenvalue weighted by atomic mass is 16.3. The molecule has 4 nitrogen and oxygen atoms in total. The molecule has 2 aromatic rings. The Hall–Kier alpha value is -2.33. The minimum atomic E-state index is -0.485. The number of fused-ring (bicyclic) bond motifs is 1. The number of amides is 1. The number of nitrogens with zero attached hydrogens (tertiary/aromatic N) is 1. The molecule has 1 amide bonds. The molecule has 0 fully saturated rings. The molecule has 1 aliphatic rings. The first-order valence-corrected chi connectivity index (χ1v) is 6.59. The summed E-state index contributed by atoms with van der Waals surface area (Å²) in [5.74, 6) is -0.0247. The smallest absolute Gasteiger partial charge is 0.244 e. The summed E-state index contributed by atoms with van der Waals surface area (Å²) < 4.78 is 0. The van der Waals surface area contributed by atoms with Crippen molar-refractivity contribution in [3.05, 3.63) is 54.1 Å². The predicted octanol–water partition coefficient (Wildman–Crippen LogP) is 2.83. The first-order chi connectivity index (χ1) is 9.65. The lowest BCUT2D eigenvalue weighted by Crippen LogP contribution is -2.34. The maximum Gasteiger partial charge on any atom is 0.244 e. The molecule has 2 N–H and O–H groups in total. The van der Waals surface area contributed by atoms with E-state index >= 15 is 0 Å². The number of benzene rings is 2. The van der Waals surface area contributed by atoms with Crippen molar-refractivity contribution in [2.24, 2.45) is 0 Å². The number of aliphatic hydroxyl groups excluding tert-OH is 1. The largest absolute Gasteiger partial charge is 0.389 e. The van der Waals surface area contributed by atoms with Gasteiger partial charge in [0.1, 0.15) is 6.54 Å². The quantitative estimate of drug-likeness (QED) is 0.880. The molecule has 0 spiro atoms. The molecule has 102 valence electrons. The third kappa shape index (κ3) is 2.26. The van der Waals surface area contributed by atoms with Crippen LogP contribution >= 0.6 is 0 Å². The van der Waals surface area contributed by atoms with Crippen LogP contribution in [0.5, 0.6) is 0 Å². The summed E-state index contributed by atoms with van der Waals surface area (Å²) in [7, 11) is 0. The van der Waals surface area contributed by atoms with Crippen LogP contribution in [0.25, 0.3) is 0 Å². The lowest BCUT2D eigenvalue weighted by Gasteiger charge is -2.31. The SMILES string of the molecule is C[C@H](O)c1ccc(N2CC(=O)Nc3ccccc32)cc1. The van der Waals surface area contributed by atoms with Gasteiger partial charge in [-0.05, 0) is 36.8 Å². The molecule has 0 saturated heterocycles. The molecule has 2 aromatic carbocycles. The Morgan fingerprint density at radius 2 is 1.85 bits per heavy atom. The second kappa shape index (κ2) is 4.98. The molecule has 1 atom stereocenters. The number of aliphatic hydroxyl groups is 1. The molecule has 0 unspecified atom stereocenters. The Labute approximate surface area is 117 Å². The van der Waals surface area contributed by atoms with Gasteiger partial charge in [0.2, 0.25) is 5.91 Å². The molecule has 1 aliphatic heterocycles. The fraction of sp³-hybridized carbons (Fsp3) is 0.188. The fourth-order valence-electron chi connectivity index (χ4n) is 2.40. The number of para-hydroxylation sites is 2. The Morgan fingerprint density at radius 3 is 2.55 bits per heavy atom. The molecule has 0 bridgehead atoms. The van der Waals surface area contributed by atoms with Gasteiger partial charge in [-0.25, -0.2) is 0 Å². The van der Waals surface area contributed by atoms with Crippen LogP contribution in [-0.2, 0) is 4.79 Å². The van der Waals surface area contributed by atoms with Crippen molar-refractivity contribution >= 4 is 23.0 Å². The molecular formula is C16H16N2O2. The first-order valence-electron chi connectivity index (χ1n) is 6.59. The topological polar surface area (TPSA) is 52.6 Å². The van der Waals surface area contributed by atoms with E-state index in [0.29, 0.717) is 6.54 Å². The second-order valence-corrected chi connectivity index (χ2v) is 4.92. The van der Waals surface area contributed by atoms with Crippen LogP contribution in [0.15, 0.2) is 48.5 Å². The van der Waals surface area contributed by atoms with Crippen LogP contribution in [0.2, 0.25) is 0 Å². The average Bonchev–Trinajstić information content (AvgIpc) is 2.46. The number of nitrogens with one attached hydrogen (secondary N) is 1. The van der Waals surface area contributed by atoms with Gasteiger partial charge in [0.25, 0.3) is 0 Å². The van der Waals surface area contributed by atoms with Gasteiger partial charge in [-0.15, -0.1) is 0 Å². The lowest BCUT2D eigenvalue weighted by molar-refractivity contribution is -0.115. The standard InChI is InChI=1S/C16H16N2O2/c1-11(19)12-6-8-13(9-7-12)18-10-16(20)17-14-4-2-3-5-15(14)18/h2-9,11,19H,10H2,1H3,(H,17,20)/t11-/m0/s1. The van der Waals surface area contributed by atoms with E-state index in [1.165, 1.54) is 0 Å². The summed E-state index contributed by atoms with van der Waals surface area (Å²) >= 11 is 0. The number of anilines is 3. The van der Waals surface area contributed by atoms with Crippen LogP contribution in [0.4, 0.5) is 17.1 Å². The number of carbonyl (C=O) groups is 1. The Kier molecular flexibility index (Phi) is 3.16. The zero-order chi connectivity index (χ0) is 14.1. The summed E-state index contributed by atoms with van der Waals surface area (Å²) in [6.07, 6.45) is -0.485. The van der Waals surface area contributed by atoms with E-state index in [2.05, 4.69) is 5.32 Å². The van der Waals surface area contributed by atoms with Gasteiger partial charge in [0, 0.05) is 5.69 Å². The summed E-state index contributed by atoms with van der Waals surface area (Å²) in [5.41, 5.74) is 3.61. The molecule has 20 heavy (non-hydrogen) atoms. The van der Waals surface area contributed by atoms with E-state index in [1.807, 2.05) is 53.4 Å². The monoisotopic (exact) mass is 268 g/mol. The van der Waals surface area contributed by atoms with Gasteiger partial charge in [-0.1, -0.05) is 24.3 Å². The van der Waals surface area contributed by atoms with E-state index in [0.717, 1.165) is 22.6 Å². The Morgan fingerprint density at radius 1 is 1.15 bits per heavy atom. The van der Waals surface area contributed by atoms with Gasteiger partial charge in [0.15, 0.2) is 0 Å². The van der Waals surface area contributed by atoms with Crippen molar-refractivity contribution in [1.82, 2.24) is 0 Å². The van der Waals surface area contributed by atoms with E-state index in [1.54, 1.807) is 6.92 Å². The van der Waals surface area contributed by atoms with Crippen molar-refractivity contribution < 1.29 is 9.90 Å². The van der Waals surface area contributed by atoms with Crippen molar-refractivity contribution in [3.8, 4) is 0 Å². The number of rotatable bonds is 2. The van der Waals surface area contributed by atoms with Crippen molar-refractivity contribution in [2.45, 2.75) is 13.0 Å². The summed E-state index contributed by atoms with van der Waals surface area (Å²) in [6.45, 7) is 2.03. The van der Waals surface area contributed by atoms with Gasteiger partial charge in [-0.2, -0.15) is 0 Å². The average molecular weight is 268 g/mol. The zero-order valence-corrected chi connectivity index (χ0v) is 11.2. The highest BCUT2D eigenvalue weighted by Crippen LogP contribution is 2.34. The van der Waals surface area contributed by atoms with Crippen LogP contribution in [-0.4, -0.2) is 17.6 Å². The molecule has 0 radical (unpaired) electrons. The van der Waals surface area contributed by atoms with Crippen LogP contribution in [0, 0.1) is 0 Å². The van der Waals surface area contributed by atoms with Gasteiger partial charge in [0.05, 0.1) is 17.5 Å². The van der Waals surface area contributed by atoms with Crippen molar-refractivity contribution in [3.63, 3.8) is 0 Å². The highest BCUT2D eigenvalue weighted by Gasteiger charge is 2.22. The van der Waals surface area contributed by atoms with Crippen molar-refractivity contribution in [2.75, 3.05) is 16.8 Å². The van der Waals surface area contributed by atoms with Crippen molar-refractivity contribution in [1.29, 1.82) is 0 Å².